The van der Waals surface area contributed by atoms with E-state index < -0.39 is 5.41 Å². The number of para-hydroxylation sites is 1. The van der Waals surface area contributed by atoms with Gasteiger partial charge in [-0.25, -0.2) is 4.98 Å². The molecule has 9 aromatic rings. The number of aromatic nitrogens is 4. The van der Waals surface area contributed by atoms with Gasteiger partial charge in [-0.15, -0.1) is 22.7 Å². The van der Waals surface area contributed by atoms with Gasteiger partial charge in [0.2, 0.25) is 5.95 Å². The van der Waals surface area contributed by atoms with E-state index in [0.717, 1.165) is 39.1 Å². The molecule has 1 aliphatic carbocycles. The second-order valence-corrected chi connectivity index (χ2v) is 14.9. The summed E-state index contributed by atoms with van der Waals surface area (Å²) in [5.41, 5.74) is 10.6. The van der Waals surface area contributed by atoms with Crippen LogP contribution >= 0.6 is 22.7 Å². The summed E-state index contributed by atoms with van der Waals surface area (Å²) < 4.78 is 0. The third-order valence-electron chi connectivity index (χ3n) is 10.4. The van der Waals surface area contributed by atoms with Gasteiger partial charge in [0, 0.05) is 32.6 Å². The summed E-state index contributed by atoms with van der Waals surface area (Å²) in [5.74, 6) is 1.80. The largest absolute Gasteiger partial charge is 0.278 e. The highest BCUT2D eigenvalue weighted by Crippen LogP contribution is 2.65. The molecule has 11 rings (SSSR count). The number of benzene rings is 5. The molecule has 0 radical (unpaired) electrons. The average molecular weight is 702 g/mol. The van der Waals surface area contributed by atoms with Gasteiger partial charge in [0.05, 0.1) is 22.5 Å². The number of pyridine rings is 1. The predicted molar refractivity (Wildman–Crippen MR) is 213 cm³/mol. The number of hydrogen-bond acceptors (Lipinski definition) is 7. The first-order valence-corrected chi connectivity index (χ1v) is 19.0. The van der Waals surface area contributed by atoms with Crippen molar-refractivity contribution in [1.29, 1.82) is 0 Å². The normalized spacial score (nSPS) is 13.5. The highest BCUT2D eigenvalue weighted by atomic mass is 32.1. The first-order chi connectivity index (χ1) is 25.8. The molecule has 7 heteroatoms. The minimum absolute atomic E-state index is 0.476. The molecule has 244 valence electrons. The molecular formula is C45H27N5S2. The maximum absolute atomic E-state index is 5.31. The topological polar surface area (TPSA) is 54.8 Å². The van der Waals surface area contributed by atoms with Crippen LogP contribution < -0.4 is 4.90 Å². The fraction of sp³-hybridized carbons (Fsp3) is 0.0222. The van der Waals surface area contributed by atoms with E-state index in [9.17, 15) is 0 Å². The zero-order valence-electron chi connectivity index (χ0n) is 27.6. The molecule has 1 aliphatic heterocycles. The molecule has 0 atom stereocenters. The fourth-order valence-electron chi connectivity index (χ4n) is 8.11. The average Bonchev–Trinajstić information content (AvgIpc) is 3.95. The van der Waals surface area contributed by atoms with Crippen LogP contribution in [-0.4, -0.2) is 19.9 Å². The number of nitrogens with zero attached hydrogens (tertiary/aromatic N) is 5. The summed E-state index contributed by atoms with van der Waals surface area (Å²) in [6, 6.07) is 51.3. The van der Waals surface area contributed by atoms with Gasteiger partial charge in [-0.1, -0.05) is 103 Å². The van der Waals surface area contributed by atoms with Crippen molar-refractivity contribution in [2.24, 2.45) is 0 Å². The monoisotopic (exact) mass is 701 g/mol. The molecule has 2 aliphatic rings. The van der Waals surface area contributed by atoms with Gasteiger partial charge in [-0.3, -0.25) is 9.88 Å². The van der Waals surface area contributed by atoms with Crippen molar-refractivity contribution in [3.8, 4) is 43.8 Å². The molecule has 0 saturated heterocycles. The van der Waals surface area contributed by atoms with Crippen molar-refractivity contribution in [1.82, 2.24) is 19.9 Å². The van der Waals surface area contributed by atoms with Crippen LogP contribution in [0.25, 0.3) is 54.6 Å². The summed E-state index contributed by atoms with van der Waals surface area (Å²) in [5, 5.41) is 6.86. The molecule has 5 aromatic carbocycles. The van der Waals surface area contributed by atoms with Crippen LogP contribution in [0.4, 0.5) is 17.3 Å². The SMILES string of the molecule is c1ccc(-c2nc(-c3ccc(-c4ccccn4)cc3)nc(N3c4ccccc4C4(c5cc6ccccc6cc53)c3ccsc3-c3sccc34)n2)cc1. The summed E-state index contributed by atoms with van der Waals surface area (Å²) in [6.45, 7) is 0. The molecule has 0 bridgehead atoms. The van der Waals surface area contributed by atoms with E-state index in [1.54, 1.807) is 0 Å². The molecule has 0 amide bonds. The second-order valence-electron chi connectivity index (χ2n) is 13.1. The molecule has 0 saturated carbocycles. The lowest BCUT2D eigenvalue weighted by Crippen LogP contribution is -2.36. The van der Waals surface area contributed by atoms with E-state index in [2.05, 4.69) is 130 Å². The Morgan fingerprint density at radius 1 is 0.462 bits per heavy atom. The Morgan fingerprint density at radius 3 is 1.79 bits per heavy atom. The van der Waals surface area contributed by atoms with Gasteiger partial charge < -0.3 is 0 Å². The summed E-state index contributed by atoms with van der Waals surface area (Å²) in [7, 11) is 0. The van der Waals surface area contributed by atoms with Crippen molar-refractivity contribution in [2.45, 2.75) is 5.41 Å². The number of hydrogen-bond donors (Lipinski definition) is 0. The Balaban J connectivity index is 1.19. The maximum atomic E-state index is 5.31. The van der Waals surface area contributed by atoms with Crippen LogP contribution in [0.15, 0.2) is 163 Å². The lowest BCUT2D eigenvalue weighted by atomic mass is 9.65. The van der Waals surface area contributed by atoms with E-state index in [4.69, 9.17) is 15.0 Å². The van der Waals surface area contributed by atoms with Crippen LogP contribution in [0.2, 0.25) is 0 Å². The minimum Gasteiger partial charge on any atom is -0.278 e. The van der Waals surface area contributed by atoms with E-state index in [1.807, 2.05) is 65.3 Å². The number of thiophene rings is 2. The number of rotatable bonds is 4. The zero-order chi connectivity index (χ0) is 34.2. The van der Waals surface area contributed by atoms with Crippen molar-refractivity contribution in [2.75, 3.05) is 4.90 Å². The Kier molecular flexibility index (Phi) is 6.44. The lowest BCUT2D eigenvalue weighted by molar-refractivity contribution is 0.754. The fourth-order valence-corrected chi connectivity index (χ4v) is 10.2. The molecular weight excluding hydrogens is 675 g/mol. The third kappa shape index (κ3) is 4.21. The van der Waals surface area contributed by atoms with Gasteiger partial charge in [-0.05, 0) is 86.3 Å². The van der Waals surface area contributed by atoms with E-state index in [0.29, 0.717) is 17.6 Å². The highest BCUT2D eigenvalue weighted by Gasteiger charge is 2.53. The highest BCUT2D eigenvalue weighted by molar-refractivity contribution is 7.21. The third-order valence-corrected chi connectivity index (χ3v) is 12.4. The molecule has 0 fully saturated rings. The molecule has 5 nitrogen and oxygen atoms in total. The smallest absolute Gasteiger partial charge is 0.238 e. The lowest BCUT2D eigenvalue weighted by Gasteiger charge is -2.43. The van der Waals surface area contributed by atoms with Crippen molar-refractivity contribution in [3.05, 3.63) is 185 Å². The maximum Gasteiger partial charge on any atom is 0.238 e. The summed E-state index contributed by atoms with van der Waals surface area (Å²) in [4.78, 5) is 25.2. The summed E-state index contributed by atoms with van der Waals surface area (Å²) >= 11 is 3.67. The molecule has 52 heavy (non-hydrogen) atoms. The van der Waals surface area contributed by atoms with E-state index >= 15 is 0 Å². The number of anilines is 3. The first kappa shape index (κ1) is 29.5. The summed E-state index contributed by atoms with van der Waals surface area (Å²) in [6.07, 6.45) is 1.82. The quantitative estimate of drug-likeness (QED) is 0.183. The Morgan fingerprint density at radius 2 is 1.08 bits per heavy atom. The zero-order valence-corrected chi connectivity index (χ0v) is 29.3. The molecule has 0 N–H and O–H groups in total. The predicted octanol–water partition coefficient (Wildman–Crippen LogP) is 11.7. The van der Waals surface area contributed by atoms with Crippen LogP contribution in [-0.2, 0) is 5.41 Å². The van der Waals surface area contributed by atoms with Crippen LogP contribution in [0.5, 0.6) is 0 Å². The van der Waals surface area contributed by atoms with Gasteiger partial charge in [0.15, 0.2) is 11.6 Å². The van der Waals surface area contributed by atoms with Crippen LogP contribution in [0.1, 0.15) is 22.3 Å². The molecule has 4 aromatic heterocycles. The Hall–Kier alpha value is -6.28. The van der Waals surface area contributed by atoms with Gasteiger partial charge in [0.25, 0.3) is 0 Å². The standard InChI is InChI=1S/C45H27N5S2/c1-2-10-29(11-3-1)42-47-43(30-19-17-28(18-20-30)37-15-8-9-23-46-37)49-44(48-42)50-38-16-7-6-14-33(38)45(34-21-24-51-40(34)41-35(45)22-25-52-41)36-26-31-12-4-5-13-32(31)27-39(36)50/h1-27H. The molecule has 5 heterocycles. The molecule has 1 spiro atoms. The van der Waals surface area contributed by atoms with Crippen molar-refractivity contribution in [3.63, 3.8) is 0 Å². The molecule has 0 unspecified atom stereocenters. The van der Waals surface area contributed by atoms with Crippen LogP contribution in [0, 0.1) is 0 Å². The Labute approximate surface area is 308 Å². The van der Waals surface area contributed by atoms with Gasteiger partial charge in [0.1, 0.15) is 0 Å². The van der Waals surface area contributed by atoms with E-state index in [1.165, 1.54) is 37.4 Å². The van der Waals surface area contributed by atoms with Crippen molar-refractivity contribution >= 4 is 50.8 Å². The minimum atomic E-state index is -0.476. The van der Waals surface area contributed by atoms with Gasteiger partial charge in [-0.2, -0.15) is 9.97 Å². The first-order valence-electron chi connectivity index (χ1n) is 17.2. The Bertz CT molecular complexity index is 2770. The number of fused-ring (bicyclic) bond motifs is 10. The van der Waals surface area contributed by atoms with E-state index in [-0.39, 0.29) is 0 Å². The second kappa shape index (κ2) is 11.4. The van der Waals surface area contributed by atoms with Gasteiger partial charge >= 0.3 is 0 Å². The van der Waals surface area contributed by atoms with Crippen LogP contribution in [0.3, 0.4) is 0 Å². The van der Waals surface area contributed by atoms with Crippen molar-refractivity contribution < 1.29 is 0 Å².